The molecule has 0 bridgehead atoms. The summed E-state index contributed by atoms with van der Waals surface area (Å²) < 4.78 is 5.59. The first-order valence-electron chi connectivity index (χ1n) is 8.02. The molecule has 0 aliphatic rings. The Morgan fingerprint density at radius 2 is 1.96 bits per heavy atom. The molecule has 140 valence electrons. The molecule has 3 rings (SSSR count). The summed E-state index contributed by atoms with van der Waals surface area (Å²) in [5.74, 6) is 1.37. The Kier molecular flexibility index (Phi) is 6.98. The second-order valence-electron chi connectivity index (χ2n) is 5.50. The van der Waals surface area contributed by atoms with E-state index in [1.165, 1.54) is 11.8 Å². The zero-order valence-corrected chi connectivity index (χ0v) is 16.4. The van der Waals surface area contributed by atoms with Crippen molar-refractivity contribution < 1.29 is 9.53 Å². The van der Waals surface area contributed by atoms with Gasteiger partial charge in [0.15, 0.2) is 5.82 Å². The van der Waals surface area contributed by atoms with Crippen LogP contribution in [-0.4, -0.2) is 26.8 Å². The number of nitrogens with zero attached hydrogens (tertiary/aromatic N) is 2. The summed E-state index contributed by atoms with van der Waals surface area (Å²) in [5, 5.41) is 11.5. The smallest absolute Gasteiger partial charge is 0.230 e. The highest BCUT2D eigenvalue weighted by atomic mass is 35.5. The van der Waals surface area contributed by atoms with Crippen LogP contribution < -0.4 is 10.1 Å². The number of benzene rings is 2. The fourth-order valence-electron chi connectivity index (χ4n) is 2.12. The molecule has 0 saturated carbocycles. The third kappa shape index (κ3) is 6.46. The Balaban J connectivity index is 1.40. The number of ether oxygens (including phenoxy) is 1. The highest BCUT2D eigenvalue weighted by molar-refractivity contribution is 7.99. The van der Waals surface area contributed by atoms with Gasteiger partial charge in [-0.3, -0.25) is 9.89 Å². The first-order valence-corrected chi connectivity index (χ1v) is 9.76. The minimum atomic E-state index is -0.108. The van der Waals surface area contributed by atoms with E-state index in [-0.39, 0.29) is 18.3 Å². The first kappa shape index (κ1) is 19.5. The van der Waals surface area contributed by atoms with Crippen molar-refractivity contribution in [1.29, 1.82) is 0 Å². The van der Waals surface area contributed by atoms with Gasteiger partial charge in [0.05, 0.1) is 5.75 Å². The van der Waals surface area contributed by atoms with Gasteiger partial charge in [0.1, 0.15) is 12.4 Å². The van der Waals surface area contributed by atoms with Crippen molar-refractivity contribution in [3.05, 3.63) is 70.0 Å². The summed E-state index contributed by atoms with van der Waals surface area (Å²) in [6.07, 6.45) is 0. The van der Waals surface area contributed by atoms with Crippen LogP contribution in [0.2, 0.25) is 10.0 Å². The minimum Gasteiger partial charge on any atom is -0.486 e. The van der Waals surface area contributed by atoms with Crippen LogP contribution in [0.5, 0.6) is 5.75 Å². The highest BCUT2D eigenvalue weighted by Crippen LogP contribution is 2.17. The Morgan fingerprint density at radius 3 is 2.74 bits per heavy atom. The lowest BCUT2D eigenvalue weighted by atomic mass is 10.2. The third-order valence-corrected chi connectivity index (χ3v) is 4.75. The van der Waals surface area contributed by atoms with Crippen molar-refractivity contribution in [3.8, 4) is 5.75 Å². The van der Waals surface area contributed by atoms with Gasteiger partial charge in [-0.25, -0.2) is 4.98 Å². The number of thioether (sulfide) groups is 1. The second kappa shape index (κ2) is 9.64. The van der Waals surface area contributed by atoms with E-state index in [4.69, 9.17) is 27.9 Å². The van der Waals surface area contributed by atoms with Crippen molar-refractivity contribution in [2.24, 2.45) is 0 Å². The van der Waals surface area contributed by atoms with E-state index >= 15 is 0 Å². The molecule has 1 amide bonds. The van der Waals surface area contributed by atoms with Crippen LogP contribution in [0.4, 0.5) is 0 Å². The molecule has 9 heteroatoms. The molecule has 27 heavy (non-hydrogen) atoms. The summed E-state index contributed by atoms with van der Waals surface area (Å²) in [5.41, 5.74) is 0.945. The molecular weight excluding hydrogens is 407 g/mol. The van der Waals surface area contributed by atoms with E-state index in [0.717, 1.165) is 5.56 Å². The van der Waals surface area contributed by atoms with E-state index < -0.39 is 0 Å². The summed E-state index contributed by atoms with van der Waals surface area (Å²) >= 11 is 13.0. The van der Waals surface area contributed by atoms with Gasteiger partial charge in [0.2, 0.25) is 11.1 Å². The van der Waals surface area contributed by atoms with Gasteiger partial charge in [-0.2, -0.15) is 0 Å². The van der Waals surface area contributed by atoms with Crippen LogP contribution in [0, 0.1) is 0 Å². The Bertz CT molecular complexity index is 902. The molecular formula is C18H16Cl2N4O2S. The zero-order valence-electron chi connectivity index (χ0n) is 14.1. The minimum absolute atomic E-state index is 0.108. The van der Waals surface area contributed by atoms with E-state index in [0.29, 0.717) is 33.3 Å². The molecule has 0 radical (unpaired) electrons. The molecule has 2 aromatic carbocycles. The number of carbonyl (C=O) groups excluding carboxylic acids is 1. The summed E-state index contributed by atoms with van der Waals surface area (Å²) in [4.78, 5) is 16.2. The number of hydrogen-bond acceptors (Lipinski definition) is 5. The Hall–Kier alpha value is -2.22. The highest BCUT2D eigenvalue weighted by Gasteiger charge is 2.08. The van der Waals surface area contributed by atoms with Crippen molar-refractivity contribution in [3.63, 3.8) is 0 Å². The molecule has 0 fully saturated rings. The van der Waals surface area contributed by atoms with Gasteiger partial charge in [0.25, 0.3) is 0 Å². The Labute approximate surface area is 170 Å². The van der Waals surface area contributed by atoms with Gasteiger partial charge in [-0.1, -0.05) is 47.1 Å². The standard InChI is InChI=1S/C18H16Cl2N4O2S/c19-13-4-6-15(7-5-13)26-10-16-22-18(24-23-16)27-11-17(25)21-9-12-2-1-3-14(20)8-12/h1-8H,9-11H2,(H,21,25)(H,22,23,24). The van der Waals surface area contributed by atoms with Crippen molar-refractivity contribution >= 4 is 40.9 Å². The Morgan fingerprint density at radius 1 is 1.15 bits per heavy atom. The SMILES string of the molecule is O=C(CSc1n[nH]c(COc2ccc(Cl)cc2)n1)NCc1cccc(Cl)c1. The maximum absolute atomic E-state index is 12.0. The number of hydrogen-bond donors (Lipinski definition) is 2. The number of rotatable bonds is 8. The normalized spacial score (nSPS) is 10.6. The van der Waals surface area contributed by atoms with Crippen LogP contribution in [-0.2, 0) is 17.9 Å². The average Bonchev–Trinajstić information content (AvgIpc) is 3.12. The molecule has 1 aromatic heterocycles. The number of carbonyl (C=O) groups is 1. The van der Waals surface area contributed by atoms with Crippen LogP contribution in [0.1, 0.15) is 11.4 Å². The lowest BCUT2D eigenvalue weighted by Crippen LogP contribution is -2.24. The molecule has 0 aliphatic heterocycles. The molecule has 0 saturated heterocycles. The first-order chi connectivity index (χ1) is 13.1. The fraction of sp³-hybridized carbons (Fsp3) is 0.167. The molecule has 2 N–H and O–H groups in total. The van der Waals surface area contributed by atoms with Gasteiger partial charge >= 0.3 is 0 Å². The fourth-order valence-corrected chi connectivity index (χ4v) is 3.10. The monoisotopic (exact) mass is 422 g/mol. The molecule has 3 aromatic rings. The van der Waals surface area contributed by atoms with Crippen molar-refractivity contribution in [2.45, 2.75) is 18.3 Å². The van der Waals surface area contributed by atoms with E-state index in [9.17, 15) is 4.79 Å². The second-order valence-corrected chi connectivity index (χ2v) is 7.32. The number of nitrogens with one attached hydrogen (secondary N) is 2. The summed E-state index contributed by atoms with van der Waals surface area (Å²) in [7, 11) is 0. The van der Waals surface area contributed by atoms with E-state index in [1.807, 2.05) is 18.2 Å². The van der Waals surface area contributed by atoms with Gasteiger partial charge in [-0.05, 0) is 42.0 Å². The largest absolute Gasteiger partial charge is 0.486 e. The van der Waals surface area contributed by atoms with Gasteiger partial charge < -0.3 is 10.1 Å². The van der Waals surface area contributed by atoms with Gasteiger partial charge in [-0.15, -0.1) is 5.10 Å². The van der Waals surface area contributed by atoms with Gasteiger partial charge in [0, 0.05) is 16.6 Å². The third-order valence-electron chi connectivity index (χ3n) is 3.41. The maximum Gasteiger partial charge on any atom is 0.230 e. The lowest BCUT2D eigenvalue weighted by Gasteiger charge is -2.04. The van der Waals surface area contributed by atoms with E-state index in [1.54, 1.807) is 30.3 Å². The molecule has 1 heterocycles. The maximum atomic E-state index is 12.0. The zero-order chi connectivity index (χ0) is 19.1. The van der Waals surface area contributed by atoms with E-state index in [2.05, 4.69) is 20.5 Å². The van der Waals surface area contributed by atoms with Crippen molar-refractivity contribution in [2.75, 3.05) is 5.75 Å². The molecule has 6 nitrogen and oxygen atoms in total. The summed E-state index contributed by atoms with van der Waals surface area (Å²) in [6.45, 7) is 0.671. The quantitative estimate of drug-likeness (QED) is 0.534. The molecule has 0 atom stereocenters. The average molecular weight is 423 g/mol. The number of amides is 1. The molecule has 0 aliphatic carbocycles. The van der Waals surface area contributed by atoms with Crippen LogP contribution in [0.25, 0.3) is 0 Å². The van der Waals surface area contributed by atoms with Crippen LogP contribution in [0.3, 0.4) is 0 Å². The van der Waals surface area contributed by atoms with Crippen LogP contribution >= 0.6 is 35.0 Å². The van der Waals surface area contributed by atoms with Crippen molar-refractivity contribution in [1.82, 2.24) is 20.5 Å². The number of halogens is 2. The predicted molar refractivity (Wildman–Crippen MR) is 106 cm³/mol. The number of aromatic nitrogens is 3. The topological polar surface area (TPSA) is 79.9 Å². The summed E-state index contributed by atoms with van der Waals surface area (Å²) in [6, 6.07) is 14.4. The number of H-pyrrole nitrogens is 1. The number of aromatic amines is 1. The molecule has 0 spiro atoms. The van der Waals surface area contributed by atoms with Crippen LogP contribution in [0.15, 0.2) is 53.7 Å². The lowest BCUT2D eigenvalue weighted by molar-refractivity contribution is -0.118. The molecule has 0 unspecified atom stereocenters. The predicted octanol–water partition coefficient (Wildman–Crippen LogP) is 4.10.